The van der Waals surface area contributed by atoms with Crippen LogP contribution >= 0.6 is 0 Å². The first-order chi connectivity index (χ1) is 12.1. The summed E-state index contributed by atoms with van der Waals surface area (Å²) in [6.45, 7) is 4.51. The Balaban J connectivity index is 1.67. The Bertz CT molecular complexity index is 892. The van der Waals surface area contributed by atoms with Crippen molar-refractivity contribution in [1.82, 2.24) is 15.3 Å². The Morgan fingerprint density at radius 3 is 2.48 bits per heavy atom. The number of nitrogens with zero attached hydrogens (tertiary/aromatic N) is 2. The van der Waals surface area contributed by atoms with Crippen LogP contribution in [0.5, 0.6) is 0 Å². The predicted molar refractivity (Wildman–Crippen MR) is 98.8 cm³/mol. The summed E-state index contributed by atoms with van der Waals surface area (Å²) in [5.41, 5.74) is 4.62. The van der Waals surface area contributed by atoms with Crippen LogP contribution in [0.25, 0.3) is 0 Å². The molecule has 0 unspecified atom stereocenters. The molecular weight excluding hydrogens is 312 g/mol. The smallest absolute Gasteiger partial charge is 0.270 e. The third-order valence-electron chi connectivity index (χ3n) is 3.73. The van der Waals surface area contributed by atoms with Crippen molar-refractivity contribution in [2.45, 2.75) is 20.4 Å². The van der Waals surface area contributed by atoms with Crippen LogP contribution in [-0.4, -0.2) is 15.9 Å². The molecule has 0 aliphatic rings. The number of anilines is 2. The second-order valence-electron chi connectivity index (χ2n) is 5.95. The van der Waals surface area contributed by atoms with Gasteiger partial charge in [0, 0.05) is 18.3 Å². The fourth-order valence-corrected chi connectivity index (χ4v) is 2.52. The maximum Gasteiger partial charge on any atom is 0.270 e. The first-order valence-electron chi connectivity index (χ1n) is 8.09. The molecule has 1 amide bonds. The second-order valence-corrected chi connectivity index (χ2v) is 5.95. The number of carbonyl (C=O) groups is 1. The van der Waals surface area contributed by atoms with Crippen molar-refractivity contribution in [3.8, 4) is 0 Å². The number of rotatable bonds is 5. The number of carbonyl (C=O) groups excluding carboxylic acids is 1. The van der Waals surface area contributed by atoms with Crippen molar-refractivity contribution in [3.05, 3.63) is 83.3 Å². The average molecular weight is 332 g/mol. The van der Waals surface area contributed by atoms with Crippen LogP contribution in [0, 0.1) is 13.8 Å². The van der Waals surface area contributed by atoms with Gasteiger partial charge >= 0.3 is 0 Å². The van der Waals surface area contributed by atoms with Gasteiger partial charge in [0.15, 0.2) is 0 Å². The van der Waals surface area contributed by atoms with E-state index in [2.05, 4.69) is 20.6 Å². The molecule has 1 aromatic heterocycles. The van der Waals surface area contributed by atoms with Gasteiger partial charge in [-0.05, 0) is 37.1 Å². The van der Waals surface area contributed by atoms with E-state index in [4.69, 9.17) is 0 Å². The normalized spacial score (nSPS) is 10.3. The summed E-state index contributed by atoms with van der Waals surface area (Å²) in [4.78, 5) is 20.6. The number of hydrogen-bond donors (Lipinski definition) is 2. The zero-order valence-corrected chi connectivity index (χ0v) is 14.3. The van der Waals surface area contributed by atoms with Gasteiger partial charge in [0.1, 0.15) is 17.8 Å². The fourth-order valence-electron chi connectivity index (χ4n) is 2.52. The van der Waals surface area contributed by atoms with Gasteiger partial charge in [0.05, 0.1) is 0 Å². The number of benzene rings is 2. The van der Waals surface area contributed by atoms with Gasteiger partial charge < -0.3 is 10.6 Å². The predicted octanol–water partition coefficient (Wildman–Crippen LogP) is 3.77. The fraction of sp³-hybridized carbons (Fsp3) is 0.150. The van der Waals surface area contributed by atoms with E-state index in [0.29, 0.717) is 18.1 Å². The van der Waals surface area contributed by atoms with Crippen LogP contribution in [0.3, 0.4) is 0 Å². The standard InChI is InChI=1S/C20H20N4O/c1-14-5-3-7-16(9-14)12-21-20(25)18-11-19(23-13-22-18)24-17-8-4-6-15(2)10-17/h3-11,13H,12H2,1-2H3,(H,21,25)(H,22,23,24). The van der Waals surface area contributed by atoms with Crippen molar-refractivity contribution in [3.63, 3.8) is 0 Å². The molecule has 0 saturated heterocycles. The molecule has 3 aromatic rings. The van der Waals surface area contributed by atoms with Crippen molar-refractivity contribution in [2.75, 3.05) is 5.32 Å². The zero-order valence-electron chi connectivity index (χ0n) is 14.3. The summed E-state index contributed by atoms with van der Waals surface area (Å²) in [6.07, 6.45) is 1.39. The van der Waals surface area contributed by atoms with Gasteiger partial charge in [-0.25, -0.2) is 9.97 Å². The highest BCUT2D eigenvalue weighted by molar-refractivity contribution is 5.92. The highest BCUT2D eigenvalue weighted by atomic mass is 16.1. The van der Waals surface area contributed by atoms with Gasteiger partial charge in [-0.2, -0.15) is 0 Å². The van der Waals surface area contributed by atoms with E-state index in [0.717, 1.165) is 16.8 Å². The molecule has 2 N–H and O–H groups in total. The molecule has 0 spiro atoms. The van der Waals surface area contributed by atoms with Crippen molar-refractivity contribution >= 4 is 17.4 Å². The molecule has 0 aliphatic heterocycles. The summed E-state index contributed by atoms with van der Waals surface area (Å²) in [6, 6.07) is 17.6. The number of aromatic nitrogens is 2. The third-order valence-corrected chi connectivity index (χ3v) is 3.73. The third kappa shape index (κ3) is 4.64. The first-order valence-corrected chi connectivity index (χ1v) is 8.09. The Morgan fingerprint density at radius 1 is 0.960 bits per heavy atom. The molecule has 0 atom stereocenters. The molecule has 2 aromatic carbocycles. The van der Waals surface area contributed by atoms with Crippen molar-refractivity contribution in [1.29, 1.82) is 0 Å². The van der Waals surface area contributed by atoms with E-state index in [1.54, 1.807) is 6.07 Å². The SMILES string of the molecule is Cc1cccc(CNC(=O)c2cc(Nc3cccc(C)c3)ncn2)c1. The summed E-state index contributed by atoms with van der Waals surface area (Å²) in [7, 11) is 0. The minimum absolute atomic E-state index is 0.226. The Kier molecular flexibility index (Phi) is 5.04. The van der Waals surface area contributed by atoms with Gasteiger partial charge in [-0.15, -0.1) is 0 Å². The Hall–Kier alpha value is -3.21. The minimum Gasteiger partial charge on any atom is -0.347 e. The second kappa shape index (κ2) is 7.57. The van der Waals surface area contributed by atoms with Crippen molar-refractivity contribution in [2.24, 2.45) is 0 Å². The zero-order chi connectivity index (χ0) is 17.6. The molecule has 25 heavy (non-hydrogen) atoms. The van der Waals surface area contributed by atoms with Crippen LogP contribution in [0.15, 0.2) is 60.9 Å². The topological polar surface area (TPSA) is 66.9 Å². The summed E-state index contributed by atoms with van der Waals surface area (Å²) >= 11 is 0. The Morgan fingerprint density at radius 2 is 1.72 bits per heavy atom. The van der Waals surface area contributed by atoms with Crippen LogP contribution in [0.2, 0.25) is 0 Å². The van der Waals surface area contributed by atoms with Crippen LogP contribution in [0.1, 0.15) is 27.2 Å². The maximum atomic E-state index is 12.3. The monoisotopic (exact) mass is 332 g/mol. The van der Waals surface area contributed by atoms with Crippen LogP contribution in [0.4, 0.5) is 11.5 Å². The number of nitrogens with one attached hydrogen (secondary N) is 2. The lowest BCUT2D eigenvalue weighted by atomic mass is 10.1. The number of amides is 1. The summed E-state index contributed by atoms with van der Waals surface area (Å²) in [5, 5.41) is 6.08. The van der Waals surface area contributed by atoms with Gasteiger partial charge in [0.2, 0.25) is 0 Å². The molecule has 5 heteroatoms. The number of aryl methyl sites for hydroxylation is 2. The highest BCUT2D eigenvalue weighted by Gasteiger charge is 2.09. The lowest BCUT2D eigenvalue weighted by molar-refractivity contribution is 0.0946. The van der Waals surface area contributed by atoms with Gasteiger partial charge in [-0.3, -0.25) is 4.79 Å². The average Bonchev–Trinajstić information content (AvgIpc) is 2.60. The molecule has 126 valence electrons. The van der Waals surface area contributed by atoms with E-state index >= 15 is 0 Å². The lowest BCUT2D eigenvalue weighted by Crippen LogP contribution is -2.24. The van der Waals surface area contributed by atoms with Gasteiger partial charge in [0.25, 0.3) is 5.91 Å². The van der Waals surface area contributed by atoms with E-state index in [1.165, 1.54) is 11.9 Å². The lowest BCUT2D eigenvalue weighted by Gasteiger charge is -2.08. The highest BCUT2D eigenvalue weighted by Crippen LogP contribution is 2.15. The minimum atomic E-state index is -0.226. The largest absolute Gasteiger partial charge is 0.347 e. The molecule has 1 heterocycles. The maximum absolute atomic E-state index is 12.3. The molecule has 5 nitrogen and oxygen atoms in total. The molecule has 0 bridgehead atoms. The summed E-state index contributed by atoms with van der Waals surface area (Å²) < 4.78 is 0. The Labute approximate surface area is 147 Å². The molecule has 0 aliphatic carbocycles. The van der Waals surface area contributed by atoms with Crippen LogP contribution in [-0.2, 0) is 6.54 Å². The van der Waals surface area contributed by atoms with Crippen LogP contribution < -0.4 is 10.6 Å². The molecule has 3 rings (SSSR count). The van der Waals surface area contributed by atoms with E-state index in [-0.39, 0.29) is 5.91 Å². The van der Waals surface area contributed by atoms with Gasteiger partial charge in [-0.1, -0.05) is 42.0 Å². The molecule has 0 saturated carbocycles. The summed E-state index contributed by atoms with van der Waals surface area (Å²) in [5.74, 6) is 0.359. The van der Waals surface area contributed by atoms with E-state index in [9.17, 15) is 4.79 Å². The number of hydrogen-bond acceptors (Lipinski definition) is 4. The van der Waals surface area contributed by atoms with E-state index < -0.39 is 0 Å². The van der Waals surface area contributed by atoms with E-state index in [1.807, 2.05) is 62.4 Å². The van der Waals surface area contributed by atoms with Crippen molar-refractivity contribution < 1.29 is 4.79 Å². The molecule has 0 fully saturated rings. The quantitative estimate of drug-likeness (QED) is 0.746. The first kappa shape index (κ1) is 16.6. The molecular formula is C20H20N4O. The molecule has 0 radical (unpaired) electrons.